The van der Waals surface area contributed by atoms with Crippen LogP contribution in [0.3, 0.4) is 0 Å². The van der Waals surface area contributed by atoms with Gasteiger partial charge < -0.3 is 4.85 Å². The van der Waals surface area contributed by atoms with E-state index in [4.69, 9.17) is 6.57 Å². The van der Waals surface area contributed by atoms with E-state index >= 15 is 0 Å². The van der Waals surface area contributed by atoms with Crippen molar-refractivity contribution in [2.75, 3.05) is 0 Å². The van der Waals surface area contributed by atoms with Gasteiger partial charge >= 0.3 is 0 Å². The first kappa shape index (κ1) is 16.7. The monoisotopic (exact) mass is 269 g/mol. The van der Waals surface area contributed by atoms with Gasteiger partial charge in [-0.15, -0.1) is 0 Å². The largest absolute Gasteiger partial charge is 0.302 e. The lowest BCUT2D eigenvalue weighted by Gasteiger charge is -2.04. The van der Waals surface area contributed by atoms with E-state index in [2.05, 4.69) is 4.85 Å². The molecule has 6 heteroatoms. The molecule has 1 atom stereocenters. The number of hydrogen-bond donors (Lipinski definition) is 0. The summed E-state index contributed by atoms with van der Waals surface area (Å²) >= 11 is 0. The van der Waals surface area contributed by atoms with Crippen molar-refractivity contribution in [3.63, 3.8) is 0 Å². The van der Waals surface area contributed by atoms with Crippen molar-refractivity contribution < 1.29 is 24.0 Å². The maximum absolute atomic E-state index is 10.9. The molecule has 0 aromatic heterocycles. The topological polar surface area (TPSA) is 89.7 Å². The minimum atomic E-state index is -1.38. The highest BCUT2D eigenvalue weighted by Crippen LogP contribution is 2.22. The Morgan fingerprint density at radius 3 is 2.15 bits per heavy atom. The van der Waals surface area contributed by atoms with Crippen molar-refractivity contribution in [2.24, 2.45) is 0 Å². The van der Waals surface area contributed by atoms with Crippen LogP contribution in [0.25, 0.3) is 4.85 Å². The second kappa shape index (κ2) is 9.74. The molecule has 0 bridgehead atoms. The number of carbonyl (C=O) groups excluding carboxylic acids is 5. The third-order valence-corrected chi connectivity index (χ3v) is 2.19. The van der Waals surface area contributed by atoms with Gasteiger partial charge in [-0.25, -0.2) is 30.5 Å². The summed E-state index contributed by atoms with van der Waals surface area (Å²) in [5.74, 6) is 6.98. The predicted octanol–water partition coefficient (Wildman–Crippen LogP) is 0.104. The maximum atomic E-state index is 10.9. The smallest absolute Gasteiger partial charge is 0.289 e. The van der Waals surface area contributed by atoms with Gasteiger partial charge in [0.2, 0.25) is 0 Å². The van der Waals surface area contributed by atoms with Crippen molar-refractivity contribution in [3.8, 4) is 0 Å². The standard InChI is InChI=1S/C14H7NO5/c1-15-14(5-7-17)13(10-20)12(9-19)11(8-18)4-2-3-6-16/h3,5,14H,2,4H2. The number of nitrogens with zero attached hydrogens (tertiary/aromatic N) is 1. The molecule has 0 rings (SSSR count). The summed E-state index contributed by atoms with van der Waals surface area (Å²) in [4.78, 5) is 55.8. The van der Waals surface area contributed by atoms with Gasteiger partial charge in [-0.3, -0.25) is 0 Å². The van der Waals surface area contributed by atoms with Gasteiger partial charge in [0, 0.05) is 6.08 Å². The van der Waals surface area contributed by atoms with E-state index in [0.29, 0.717) is 0 Å². The Balaban J connectivity index is 5.66. The SMILES string of the molecule is [C-]#[N+]C(C=C=O)C(=C=O)C(=C=O)C(=C=O)CCC=C=O. The highest BCUT2D eigenvalue weighted by molar-refractivity contribution is 5.84. The quantitative estimate of drug-likeness (QED) is 0.371. The summed E-state index contributed by atoms with van der Waals surface area (Å²) < 4.78 is 0. The van der Waals surface area contributed by atoms with Crippen molar-refractivity contribution in [2.45, 2.75) is 18.9 Å². The number of rotatable bonds is 7. The van der Waals surface area contributed by atoms with E-state index in [1.807, 2.05) is 0 Å². The van der Waals surface area contributed by atoms with Gasteiger partial charge in [-0.05, 0) is 12.8 Å². The summed E-state index contributed by atoms with van der Waals surface area (Å²) in [6, 6.07) is -1.38. The van der Waals surface area contributed by atoms with Crippen molar-refractivity contribution in [1.82, 2.24) is 0 Å². The molecule has 20 heavy (non-hydrogen) atoms. The number of allylic oxidation sites excluding steroid dienone is 2. The van der Waals surface area contributed by atoms with Gasteiger partial charge in [0.25, 0.3) is 6.04 Å². The third-order valence-electron chi connectivity index (χ3n) is 2.19. The summed E-state index contributed by atoms with van der Waals surface area (Å²) in [6.07, 6.45) is 1.83. The molecule has 6 nitrogen and oxygen atoms in total. The summed E-state index contributed by atoms with van der Waals surface area (Å²) in [5, 5.41) is 0. The second-order valence-electron chi connectivity index (χ2n) is 3.29. The van der Waals surface area contributed by atoms with E-state index in [1.165, 1.54) is 29.7 Å². The average Bonchev–Trinajstić information content (AvgIpc) is 2.48. The zero-order valence-corrected chi connectivity index (χ0v) is 10.1. The molecule has 0 radical (unpaired) electrons. The molecule has 0 saturated carbocycles. The molecule has 0 aliphatic carbocycles. The van der Waals surface area contributed by atoms with Crippen LogP contribution in [0.15, 0.2) is 28.9 Å². The summed E-state index contributed by atoms with van der Waals surface area (Å²) in [7, 11) is 0. The van der Waals surface area contributed by atoms with Crippen molar-refractivity contribution >= 4 is 29.7 Å². The summed E-state index contributed by atoms with van der Waals surface area (Å²) in [5.41, 5.74) is -1.22. The highest BCUT2D eigenvalue weighted by Gasteiger charge is 2.26. The van der Waals surface area contributed by atoms with Gasteiger partial charge in [-0.1, -0.05) is 0 Å². The molecule has 0 heterocycles. The van der Waals surface area contributed by atoms with Crippen LogP contribution in [0.4, 0.5) is 0 Å². The molecule has 0 N–H and O–H groups in total. The van der Waals surface area contributed by atoms with E-state index in [9.17, 15) is 24.0 Å². The minimum Gasteiger partial charge on any atom is -0.302 e. The molecular weight excluding hydrogens is 262 g/mol. The Hall–Kier alpha value is -3.26. The van der Waals surface area contributed by atoms with Crippen molar-refractivity contribution in [1.29, 1.82) is 0 Å². The average molecular weight is 269 g/mol. The Bertz CT molecular complexity index is 665. The van der Waals surface area contributed by atoms with Crippen molar-refractivity contribution in [3.05, 3.63) is 40.3 Å². The maximum Gasteiger partial charge on any atom is 0.289 e. The first-order chi connectivity index (χ1) is 9.69. The Morgan fingerprint density at radius 2 is 1.75 bits per heavy atom. The molecule has 1 unspecified atom stereocenters. The van der Waals surface area contributed by atoms with Crippen LogP contribution in [0.2, 0.25) is 0 Å². The van der Waals surface area contributed by atoms with E-state index in [-0.39, 0.29) is 18.4 Å². The molecule has 98 valence electrons. The lowest BCUT2D eigenvalue weighted by Crippen LogP contribution is -2.09. The van der Waals surface area contributed by atoms with Crippen LogP contribution < -0.4 is 0 Å². The molecule has 0 spiro atoms. The molecule has 0 aromatic rings. The molecular formula is C14H7NO5. The van der Waals surface area contributed by atoms with Gasteiger partial charge in [0.05, 0.1) is 17.2 Å². The fourth-order valence-corrected chi connectivity index (χ4v) is 1.29. The Labute approximate surface area is 113 Å². The molecule has 0 aromatic carbocycles. The first-order valence-electron chi connectivity index (χ1n) is 5.21. The molecule has 0 aliphatic heterocycles. The fraction of sp³-hybridized carbons (Fsp3) is 0.214. The van der Waals surface area contributed by atoms with Crippen LogP contribution in [-0.2, 0) is 24.0 Å². The van der Waals surface area contributed by atoms with Gasteiger partial charge in [-0.2, -0.15) is 0 Å². The molecule has 0 aliphatic rings. The fourth-order valence-electron chi connectivity index (χ4n) is 1.29. The predicted molar refractivity (Wildman–Crippen MR) is 67.8 cm³/mol. The van der Waals surface area contributed by atoms with E-state index in [1.54, 1.807) is 0 Å². The van der Waals surface area contributed by atoms with Crippen LogP contribution in [-0.4, -0.2) is 35.7 Å². The number of hydrogen-bond acceptors (Lipinski definition) is 5. The molecule has 0 amide bonds. The van der Waals surface area contributed by atoms with Crippen LogP contribution in [0.5, 0.6) is 0 Å². The normalized spacial score (nSPS) is 9.15. The van der Waals surface area contributed by atoms with Crippen LogP contribution in [0.1, 0.15) is 12.8 Å². The van der Waals surface area contributed by atoms with Gasteiger partial charge in [0.15, 0.2) is 0 Å². The summed E-state index contributed by atoms with van der Waals surface area (Å²) in [6.45, 7) is 6.84. The zero-order chi connectivity index (χ0) is 15.4. The molecule has 0 fully saturated rings. The van der Waals surface area contributed by atoms with Crippen LogP contribution in [0, 0.1) is 6.57 Å². The Morgan fingerprint density at radius 1 is 1.05 bits per heavy atom. The highest BCUT2D eigenvalue weighted by atomic mass is 16.1. The second-order valence-corrected chi connectivity index (χ2v) is 3.29. The van der Waals surface area contributed by atoms with E-state index < -0.39 is 17.2 Å². The van der Waals surface area contributed by atoms with Crippen LogP contribution >= 0.6 is 0 Å². The lowest BCUT2D eigenvalue weighted by molar-refractivity contribution is 0.561. The minimum absolute atomic E-state index is 0.0655. The molecule has 0 saturated heterocycles. The Kier molecular flexibility index (Phi) is 8.15. The van der Waals surface area contributed by atoms with Gasteiger partial charge in [0.1, 0.15) is 35.3 Å². The van der Waals surface area contributed by atoms with E-state index in [0.717, 1.165) is 12.2 Å². The zero-order valence-electron chi connectivity index (χ0n) is 10.1. The first-order valence-corrected chi connectivity index (χ1v) is 5.21. The lowest BCUT2D eigenvalue weighted by atomic mass is 9.93. The third kappa shape index (κ3) is 4.55.